The van der Waals surface area contributed by atoms with Crippen LogP contribution in [0.3, 0.4) is 0 Å². The maximum atomic E-state index is 12.1. The number of nitrogens with two attached hydrogens (primary N) is 1. The number of anilines is 1. The Labute approximate surface area is 107 Å². The molecule has 1 fully saturated rings. The third-order valence-corrected chi connectivity index (χ3v) is 3.31. The van der Waals surface area contributed by atoms with Crippen LogP contribution in [0.2, 0.25) is 0 Å². The van der Waals surface area contributed by atoms with Crippen LogP contribution in [0.1, 0.15) is 6.92 Å². The number of rotatable bonds is 2. The van der Waals surface area contributed by atoms with Crippen LogP contribution < -0.4 is 11.1 Å². The van der Waals surface area contributed by atoms with Crippen molar-refractivity contribution >= 4 is 27.7 Å². The summed E-state index contributed by atoms with van der Waals surface area (Å²) >= 11 is 3.17. The Bertz CT molecular complexity index is 425. The topological polar surface area (TPSA) is 90.1 Å². The molecule has 0 saturated carbocycles. The number of hydrogen-bond acceptors (Lipinski definition) is 5. The first-order valence-electron chi connectivity index (χ1n) is 5.15. The summed E-state index contributed by atoms with van der Waals surface area (Å²) in [6.07, 6.45) is 3.00. The maximum absolute atomic E-state index is 12.1. The molecule has 92 valence electrons. The number of carbonyl (C=O) groups excluding carboxylic acids is 1. The van der Waals surface area contributed by atoms with Gasteiger partial charge in [-0.2, -0.15) is 0 Å². The predicted octanol–water partition coefficient (Wildman–Crippen LogP) is 0.541. The lowest BCUT2D eigenvalue weighted by Gasteiger charge is -2.24. The lowest BCUT2D eigenvalue weighted by atomic mass is 9.85. The van der Waals surface area contributed by atoms with E-state index in [1.54, 1.807) is 6.92 Å². The minimum Gasteiger partial charge on any atom is -0.379 e. The van der Waals surface area contributed by atoms with Gasteiger partial charge < -0.3 is 15.8 Å². The van der Waals surface area contributed by atoms with Gasteiger partial charge in [0.25, 0.3) is 0 Å². The van der Waals surface area contributed by atoms with Crippen LogP contribution >= 0.6 is 15.9 Å². The molecule has 1 aromatic heterocycles. The quantitative estimate of drug-likeness (QED) is 0.832. The highest BCUT2D eigenvalue weighted by atomic mass is 79.9. The molecule has 1 saturated heterocycles. The van der Waals surface area contributed by atoms with Crippen molar-refractivity contribution in [2.75, 3.05) is 18.5 Å². The molecule has 2 heterocycles. The molecule has 1 aliphatic rings. The van der Waals surface area contributed by atoms with Crippen LogP contribution in [0, 0.1) is 5.41 Å². The highest BCUT2D eigenvalue weighted by Gasteiger charge is 2.44. The minimum absolute atomic E-state index is 0.195. The van der Waals surface area contributed by atoms with Crippen LogP contribution in [-0.4, -0.2) is 35.1 Å². The van der Waals surface area contributed by atoms with Gasteiger partial charge in [-0.3, -0.25) is 4.79 Å². The van der Waals surface area contributed by atoms with E-state index in [4.69, 9.17) is 10.5 Å². The Morgan fingerprint density at radius 2 is 2.41 bits per heavy atom. The van der Waals surface area contributed by atoms with Crippen molar-refractivity contribution in [3.05, 3.63) is 17.0 Å². The van der Waals surface area contributed by atoms with Crippen LogP contribution in [0.15, 0.2) is 17.0 Å². The number of carbonyl (C=O) groups is 1. The highest BCUT2D eigenvalue weighted by molar-refractivity contribution is 9.10. The van der Waals surface area contributed by atoms with Crippen LogP contribution in [0.4, 0.5) is 5.82 Å². The third-order valence-electron chi connectivity index (χ3n) is 2.90. The summed E-state index contributed by atoms with van der Waals surface area (Å²) in [7, 11) is 0. The summed E-state index contributed by atoms with van der Waals surface area (Å²) in [5.74, 6) is 0.206. The smallest absolute Gasteiger partial charge is 0.235 e. The lowest BCUT2D eigenvalue weighted by molar-refractivity contribution is -0.125. The van der Waals surface area contributed by atoms with E-state index >= 15 is 0 Å². The molecule has 2 unspecified atom stereocenters. The summed E-state index contributed by atoms with van der Waals surface area (Å²) in [5.41, 5.74) is 5.15. The van der Waals surface area contributed by atoms with Gasteiger partial charge in [-0.15, -0.1) is 0 Å². The lowest BCUT2D eigenvalue weighted by Crippen LogP contribution is -2.47. The SMILES string of the molecule is CC1(C(=O)Nc2cnc(Br)cn2)COCC1N. The molecule has 0 bridgehead atoms. The summed E-state index contributed by atoms with van der Waals surface area (Å²) < 4.78 is 5.83. The normalized spacial score (nSPS) is 28.1. The molecule has 1 amide bonds. The summed E-state index contributed by atoms with van der Waals surface area (Å²) in [5, 5.41) is 2.69. The van der Waals surface area contributed by atoms with E-state index in [1.807, 2.05) is 0 Å². The van der Waals surface area contributed by atoms with Gasteiger partial charge in [0.05, 0.1) is 31.0 Å². The van der Waals surface area contributed by atoms with Gasteiger partial charge >= 0.3 is 0 Å². The Hall–Kier alpha value is -1.05. The van der Waals surface area contributed by atoms with Gasteiger partial charge in [0.15, 0.2) is 5.82 Å². The van der Waals surface area contributed by atoms with Gasteiger partial charge in [-0.1, -0.05) is 0 Å². The molecule has 2 rings (SSSR count). The fraction of sp³-hybridized carbons (Fsp3) is 0.500. The molecule has 1 aliphatic heterocycles. The third kappa shape index (κ3) is 2.46. The molecular formula is C10H13BrN4O2. The van der Waals surface area contributed by atoms with E-state index in [9.17, 15) is 4.79 Å². The van der Waals surface area contributed by atoms with Crippen molar-refractivity contribution in [2.24, 2.45) is 11.1 Å². The second-order valence-electron chi connectivity index (χ2n) is 4.22. The van der Waals surface area contributed by atoms with E-state index in [0.717, 1.165) is 0 Å². The molecule has 17 heavy (non-hydrogen) atoms. The number of aromatic nitrogens is 2. The Morgan fingerprint density at radius 3 is 2.94 bits per heavy atom. The number of halogens is 1. The molecule has 0 aliphatic carbocycles. The zero-order valence-corrected chi connectivity index (χ0v) is 10.9. The van der Waals surface area contributed by atoms with Gasteiger partial charge in [0, 0.05) is 6.04 Å². The van der Waals surface area contributed by atoms with Crippen LogP contribution in [-0.2, 0) is 9.53 Å². The fourth-order valence-corrected chi connectivity index (χ4v) is 1.76. The zero-order valence-electron chi connectivity index (χ0n) is 9.31. The summed E-state index contributed by atoms with van der Waals surface area (Å²) in [4.78, 5) is 20.1. The standard InChI is InChI=1S/C10H13BrN4O2/c1-10(5-17-4-6(10)12)9(16)15-8-3-13-7(11)2-14-8/h2-3,6H,4-5,12H2,1H3,(H,14,15,16). The number of ether oxygens (including phenoxy) is 1. The number of amides is 1. The largest absolute Gasteiger partial charge is 0.379 e. The molecule has 6 nitrogen and oxygen atoms in total. The van der Waals surface area contributed by atoms with Crippen molar-refractivity contribution in [3.63, 3.8) is 0 Å². The minimum atomic E-state index is -0.714. The van der Waals surface area contributed by atoms with Crippen molar-refractivity contribution in [1.29, 1.82) is 0 Å². The van der Waals surface area contributed by atoms with Gasteiger partial charge in [-0.25, -0.2) is 9.97 Å². The highest BCUT2D eigenvalue weighted by Crippen LogP contribution is 2.28. The van der Waals surface area contributed by atoms with E-state index in [-0.39, 0.29) is 11.9 Å². The van der Waals surface area contributed by atoms with E-state index in [1.165, 1.54) is 12.4 Å². The second-order valence-corrected chi connectivity index (χ2v) is 5.03. The Balaban J connectivity index is 2.09. The number of hydrogen-bond donors (Lipinski definition) is 2. The average Bonchev–Trinajstić information content (AvgIpc) is 2.64. The Kier molecular flexibility index (Phi) is 3.41. The first kappa shape index (κ1) is 12.4. The van der Waals surface area contributed by atoms with Crippen molar-refractivity contribution in [3.8, 4) is 0 Å². The van der Waals surface area contributed by atoms with E-state index < -0.39 is 5.41 Å². The van der Waals surface area contributed by atoms with E-state index in [0.29, 0.717) is 23.6 Å². The van der Waals surface area contributed by atoms with Crippen molar-refractivity contribution in [2.45, 2.75) is 13.0 Å². The first-order valence-corrected chi connectivity index (χ1v) is 5.94. The van der Waals surface area contributed by atoms with Gasteiger partial charge in [0.2, 0.25) is 5.91 Å². The Morgan fingerprint density at radius 1 is 1.65 bits per heavy atom. The van der Waals surface area contributed by atoms with Crippen LogP contribution in [0.25, 0.3) is 0 Å². The average molecular weight is 301 g/mol. The summed E-state index contributed by atoms with van der Waals surface area (Å²) in [6, 6.07) is -0.300. The second kappa shape index (κ2) is 4.67. The molecule has 2 atom stereocenters. The molecule has 0 aromatic carbocycles. The predicted molar refractivity (Wildman–Crippen MR) is 65.3 cm³/mol. The molecule has 0 spiro atoms. The van der Waals surface area contributed by atoms with Crippen molar-refractivity contribution < 1.29 is 9.53 Å². The van der Waals surface area contributed by atoms with Gasteiger partial charge in [-0.05, 0) is 22.9 Å². The molecule has 0 radical (unpaired) electrons. The van der Waals surface area contributed by atoms with Crippen molar-refractivity contribution in [1.82, 2.24) is 9.97 Å². The number of nitrogens with zero attached hydrogens (tertiary/aromatic N) is 2. The first-order chi connectivity index (χ1) is 8.02. The monoisotopic (exact) mass is 300 g/mol. The van der Waals surface area contributed by atoms with E-state index in [2.05, 4.69) is 31.2 Å². The number of nitrogens with one attached hydrogen (secondary N) is 1. The zero-order chi connectivity index (χ0) is 12.5. The molecule has 3 N–H and O–H groups in total. The molecule has 7 heteroatoms. The van der Waals surface area contributed by atoms with Gasteiger partial charge in [0.1, 0.15) is 4.60 Å². The molecular weight excluding hydrogens is 288 g/mol. The fourth-order valence-electron chi connectivity index (χ4n) is 1.56. The van der Waals surface area contributed by atoms with Crippen LogP contribution in [0.5, 0.6) is 0 Å². The maximum Gasteiger partial charge on any atom is 0.235 e. The molecule has 1 aromatic rings. The summed E-state index contributed by atoms with van der Waals surface area (Å²) in [6.45, 7) is 2.51.